The average Bonchev–Trinajstić information content (AvgIpc) is 2.62. The van der Waals surface area contributed by atoms with Crippen LogP contribution in [-0.2, 0) is 4.74 Å². The fraction of sp³-hybridized carbons (Fsp3) is 0.667. The Kier molecular flexibility index (Phi) is 9.47. The lowest BCUT2D eigenvalue weighted by molar-refractivity contribution is 0.135. The maximum atomic E-state index is 5.13. The average molecular weight is 170 g/mol. The maximum Gasteiger partial charge on any atom is 0.0487 e. The molecule has 1 aromatic rings. The van der Waals surface area contributed by atoms with Crippen molar-refractivity contribution in [3.05, 3.63) is 18.5 Å². The highest BCUT2D eigenvalue weighted by Gasteiger charge is 1.77. The summed E-state index contributed by atoms with van der Waals surface area (Å²) >= 11 is 0. The van der Waals surface area contributed by atoms with Crippen molar-refractivity contribution in [1.29, 1.82) is 0 Å². The zero-order chi connectivity index (χ0) is 9.07. The molecule has 0 bridgehead atoms. The van der Waals surface area contributed by atoms with Crippen molar-refractivity contribution in [1.82, 2.24) is 10.2 Å². The second-order valence-corrected chi connectivity index (χ2v) is 2.38. The minimum atomic E-state index is 0.924. The van der Waals surface area contributed by atoms with Crippen LogP contribution in [0.3, 0.4) is 0 Å². The lowest BCUT2D eigenvalue weighted by Crippen LogP contribution is -1.92. The topological polar surface area (TPSA) is 37.9 Å². The molecule has 3 nitrogen and oxygen atoms in total. The molecule has 1 rings (SSSR count). The van der Waals surface area contributed by atoms with E-state index in [-0.39, 0.29) is 0 Å². The predicted molar refractivity (Wildman–Crippen MR) is 50.0 cm³/mol. The Morgan fingerprint density at radius 1 is 1.25 bits per heavy atom. The van der Waals surface area contributed by atoms with Crippen molar-refractivity contribution < 1.29 is 4.74 Å². The molecule has 1 N–H and O–H groups in total. The van der Waals surface area contributed by atoms with Gasteiger partial charge in [0.05, 0.1) is 0 Å². The van der Waals surface area contributed by atoms with Crippen LogP contribution in [0, 0.1) is 0 Å². The van der Waals surface area contributed by atoms with Gasteiger partial charge in [0.25, 0.3) is 0 Å². The van der Waals surface area contributed by atoms with Crippen LogP contribution in [0.1, 0.15) is 26.7 Å². The van der Waals surface area contributed by atoms with Crippen molar-refractivity contribution >= 4 is 0 Å². The van der Waals surface area contributed by atoms with E-state index < -0.39 is 0 Å². The van der Waals surface area contributed by atoms with Crippen molar-refractivity contribution in [2.45, 2.75) is 26.7 Å². The van der Waals surface area contributed by atoms with Gasteiger partial charge >= 0.3 is 0 Å². The molecule has 0 aliphatic heterocycles. The highest BCUT2D eigenvalue weighted by atomic mass is 16.5. The number of aromatic amines is 1. The van der Waals surface area contributed by atoms with Crippen LogP contribution in [-0.4, -0.2) is 23.4 Å². The Hall–Kier alpha value is -0.830. The molecule has 0 unspecified atom stereocenters. The second-order valence-electron chi connectivity index (χ2n) is 2.38. The van der Waals surface area contributed by atoms with Crippen molar-refractivity contribution in [2.75, 3.05) is 13.2 Å². The number of hydrogen-bond acceptors (Lipinski definition) is 2. The third-order valence-electron chi connectivity index (χ3n) is 1.10. The molecule has 0 aromatic carbocycles. The van der Waals surface area contributed by atoms with Gasteiger partial charge < -0.3 is 4.74 Å². The quantitative estimate of drug-likeness (QED) is 0.704. The van der Waals surface area contributed by atoms with Crippen molar-refractivity contribution in [3.8, 4) is 0 Å². The van der Waals surface area contributed by atoms with Gasteiger partial charge in [-0.05, 0) is 18.9 Å². The Balaban J connectivity index is 0.000000211. The van der Waals surface area contributed by atoms with E-state index >= 15 is 0 Å². The SMILES string of the molecule is CCCOCCC.c1cn[nH]c1. The largest absolute Gasteiger partial charge is 0.381 e. The maximum absolute atomic E-state index is 5.13. The third kappa shape index (κ3) is 9.17. The molecule has 1 heterocycles. The normalized spacial score (nSPS) is 8.83. The molecule has 0 radical (unpaired) electrons. The van der Waals surface area contributed by atoms with Gasteiger partial charge in [0.15, 0.2) is 0 Å². The highest BCUT2D eigenvalue weighted by molar-refractivity contribution is 4.72. The summed E-state index contributed by atoms with van der Waals surface area (Å²) in [6.07, 6.45) is 5.74. The molecule has 0 atom stereocenters. The Bertz CT molecular complexity index is 119. The molecular weight excluding hydrogens is 152 g/mol. The van der Waals surface area contributed by atoms with E-state index in [2.05, 4.69) is 24.0 Å². The number of nitrogens with one attached hydrogen (secondary N) is 1. The summed E-state index contributed by atoms with van der Waals surface area (Å²) in [5.74, 6) is 0. The molecular formula is C9H18N2O. The first-order chi connectivity index (χ1) is 5.91. The van der Waals surface area contributed by atoms with E-state index in [1.807, 2.05) is 6.07 Å². The predicted octanol–water partition coefficient (Wildman–Crippen LogP) is 2.23. The van der Waals surface area contributed by atoms with Gasteiger partial charge in [-0.15, -0.1) is 0 Å². The van der Waals surface area contributed by atoms with Gasteiger partial charge in [0.1, 0.15) is 0 Å². The van der Waals surface area contributed by atoms with E-state index in [1.165, 1.54) is 0 Å². The van der Waals surface area contributed by atoms with Gasteiger partial charge in [-0.1, -0.05) is 13.8 Å². The molecule has 0 spiro atoms. The number of hydrogen-bond donors (Lipinski definition) is 1. The Morgan fingerprint density at radius 3 is 2.17 bits per heavy atom. The van der Waals surface area contributed by atoms with Crippen LogP contribution in [0.2, 0.25) is 0 Å². The molecule has 1 aromatic heterocycles. The van der Waals surface area contributed by atoms with Gasteiger partial charge in [-0.3, -0.25) is 5.10 Å². The summed E-state index contributed by atoms with van der Waals surface area (Å²) in [4.78, 5) is 0. The molecule has 0 amide bonds. The van der Waals surface area contributed by atoms with Crippen molar-refractivity contribution in [2.24, 2.45) is 0 Å². The van der Waals surface area contributed by atoms with Crippen LogP contribution in [0.5, 0.6) is 0 Å². The van der Waals surface area contributed by atoms with Gasteiger partial charge in [-0.25, -0.2) is 0 Å². The lowest BCUT2D eigenvalue weighted by atomic mass is 10.5. The standard InChI is InChI=1S/C6H14O.C3H4N2/c1-3-5-7-6-4-2;1-2-4-5-3-1/h3-6H2,1-2H3;1-3H,(H,4,5). The van der Waals surface area contributed by atoms with Crippen LogP contribution in [0.4, 0.5) is 0 Å². The van der Waals surface area contributed by atoms with E-state index in [9.17, 15) is 0 Å². The first-order valence-electron chi connectivity index (χ1n) is 4.43. The number of ether oxygens (including phenoxy) is 1. The van der Waals surface area contributed by atoms with E-state index in [0.717, 1.165) is 26.1 Å². The fourth-order valence-electron chi connectivity index (χ4n) is 0.606. The smallest absolute Gasteiger partial charge is 0.0487 e. The number of H-pyrrole nitrogens is 1. The minimum absolute atomic E-state index is 0.924. The summed E-state index contributed by atoms with van der Waals surface area (Å²) in [6.45, 7) is 6.09. The fourth-order valence-corrected chi connectivity index (χ4v) is 0.606. The Labute approximate surface area is 74.1 Å². The zero-order valence-corrected chi connectivity index (χ0v) is 7.92. The minimum Gasteiger partial charge on any atom is -0.381 e. The number of nitrogens with zero attached hydrogens (tertiary/aromatic N) is 1. The molecule has 0 aliphatic carbocycles. The molecule has 0 aliphatic rings. The first-order valence-corrected chi connectivity index (χ1v) is 4.43. The second kappa shape index (κ2) is 10.2. The van der Waals surface area contributed by atoms with Gasteiger partial charge in [0, 0.05) is 25.6 Å². The molecule has 0 saturated heterocycles. The van der Waals surface area contributed by atoms with E-state index in [0.29, 0.717) is 0 Å². The number of rotatable bonds is 4. The summed E-state index contributed by atoms with van der Waals surface area (Å²) in [5.41, 5.74) is 0. The zero-order valence-electron chi connectivity index (χ0n) is 7.92. The van der Waals surface area contributed by atoms with Gasteiger partial charge in [0.2, 0.25) is 0 Å². The molecule has 0 saturated carbocycles. The first kappa shape index (κ1) is 11.2. The van der Waals surface area contributed by atoms with Crippen LogP contribution in [0.25, 0.3) is 0 Å². The third-order valence-corrected chi connectivity index (χ3v) is 1.10. The van der Waals surface area contributed by atoms with Crippen LogP contribution >= 0.6 is 0 Å². The summed E-state index contributed by atoms with van der Waals surface area (Å²) in [7, 11) is 0. The lowest BCUT2D eigenvalue weighted by Gasteiger charge is -1.95. The molecule has 12 heavy (non-hydrogen) atoms. The summed E-state index contributed by atoms with van der Waals surface area (Å²) in [5, 5.41) is 6.21. The number of aromatic nitrogens is 2. The molecule has 70 valence electrons. The molecule has 3 heteroatoms. The van der Waals surface area contributed by atoms with Gasteiger partial charge in [-0.2, -0.15) is 5.10 Å². The summed E-state index contributed by atoms with van der Waals surface area (Å²) < 4.78 is 5.13. The summed E-state index contributed by atoms with van der Waals surface area (Å²) in [6, 6.07) is 1.83. The Morgan fingerprint density at radius 2 is 1.92 bits per heavy atom. The molecule has 0 fully saturated rings. The van der Waals surface area contributed by atoms with E-state index in [1.54, 1.807) is 12.4 Å². The highest BCUT2D eigenvalue weighted by Crippen LogP contribution is 1.81. The van der Waals surface area contributed by atoms with Crippen molar-refractivity contribution in [3.63, 3.8) is 0 Å². The van der Waals surface area contributed by atoms with E-state index in [4.69, 9.17) is 4.74 Å². The van der Waals surface area contributed by atoms with Crippen LogP contribution in [0.15, 0.2) is 18.5 Å². The van der Waals surface area contributed by atoms with Crippen LogP contribution < -0.4 is 0 Å². The monoisotopic (exact) mass is 170 g/mol.